The molecule has 4 rings (SSSR count). The van der Waals surface area contributed by atoms with Crippen LogP contribution in [0.25, 0.3) is 10.9 Å². The zero-order chi connectivity index (χ0) is 28.3. The number of aromatic nitrogens is 2. The molecule has 0 bridgehead atoms. The van der Waals surface area contributed by atoms with Crippen LogP contribution in [0.15, 0.2) is 46.6 Å². The Hall–Kier alpha value is -4.36. The lowest BCUT2D eigenvalue weighted by atomic mass is 10.1. The molecule has 0 aliphatic carbocycles. The number of fused-ring (bicyclic) bond motifs is 1. The highest BCUT2D eigenvalue weighted by atomic mass is 32.1. The van der Waals surface area contributed by atoms with E-state index in [4.69, 9.17) is 5.11 Å². The average molecular weight is 569 g/mol. The number of benzene rings is 1. The van der Waals surface area contributed by atoms with Gasteiger partial charge in [-0.3, -0.25) is 19.2 Å². The van der Waals surface area contributed by atoms with Gasteiger partial charge >= 0.3 is 11.9 Å². The van der Waals surface area contributed by atoms with Crippen molar-refractivity contribution in [1.82, 2.24) is 15.3 Å². The Morgan fingerprint density at radius 3 is 2.62 bits per heavy atom. The molecule has 0 unspecified atom stereocenters. The first-order valence-corrected chi connectivity index (χ1v) is 13.4. The number of carbonyl (C=O) groups excluding carboxylic acids is 2. The van der Waals surface area contributed by atoms with Crippen molar-refractivity contribution < 1.29 is 29.4 Å². The van der Waals surface area contributed by atoms with E-state index in [0.29, 0.717) is 28.1 Å². The van der Waals surface area contributed by atoms with E-state index in [0.717, 1.165) is 21.9 Å². The smallest absolute Gasteiger partial charge is 0.326 e. The molecule has 1 aromatic carbocycles. The largest absolute Gasteiger partial charge is 0.481 e. The number of ketones is 1. The Kier molecular flexibility index (Phi) is 8.21. The second-order valence-electron chi connectivity index (χ2n) is 8.79. The first-order valence-electron chi connectivity index (χ1n) is 11.7. The van der Waals surface area contributed by atoms with Gasteiger partial charge in [0.2, 0.25) is 5.78 Å². The number of hydrogen-bond donors (Lipinski definition) is 4. The molecule has 4 aromatic rings. The zero-order valence-electron chi connectivity index (χ0n) is 20.9. The van der Waals surface area contributed by atoms with Crippen LogP contribution < -0.4 is 15.8 Å². The molecular weight excluding hydrogens is 544 g/mol. The van der Waals surface area contributed by atoms with Crippen LogP contribution >= 0.6 is 22.7 Å². The number of aliphatic carboxylic acids is 2. The number of amides is 1. The molecule has 1 amide bonds. The van der Waals surface area contributed by atoms with Gasteiger partial charge in [0.15, 0.2) is 0 Å². The average Bonchev–Trinajstić information content (AvgIpc) is 3.56. The van der Waals surface area contributed by atoms with E-state index < -0.39 is 30.3 Å². The summed E-state index contributed by atoms with van der Waals surface area (Å²) >= 11 is 2.23. The third-order valence-electron chi connectivity index (χ3n) is 5.87. The highest BCUT2D eigenvalue weighted by Gasteiger charge is 2.26. The maximum Gasteiger partial charge on any atom is 0.326 e. The van der Waals surface area contributed by atoms with E-state index >= 15 is 0 Å². The number of hydrogen-bond acceptors (Lipinski definition) is 9. The van der Waals surface area contributed by atoms with E-state index in [9.17, 15) is 29.1 Å². The summed E-state index contributed by atoms with van der Waals surface area (Å²) in [4.78, 5) is 70.0. The fraction of sp³-hybridized carbons (Fsp3) is 0.231. The molecule has 13 heteroatoms. The van der Waals surface area contributed by atoms with Gasteiger partial charge in [0.25, 0.3) is 11.5 Å². The third kappa shape index (κ3) is 6.38. The first kappa shape index (κ1) is 27.7. The van der Waals surface area contributed by atoms with Crippen molar-refractivity contribution in [3.05, 3.63) is 78.8 Å². The molecule has 0 saturated carbocycles. The molecule has 202 valence electrons. The van der Waals surface area contributed by atoms with Gasteiger partial charge < -0.3 is 25.4 Å². The lowest BCUT2D eigenvalue weighted by Gasteiger charge is -2.17. The minimum absolute atomic E-state index is 0.0510. The Morgan fingerprint density at radius 2 is 1.90 bits per heavy atom. The number of aryl methyl sites for hydroxylation is 1. The lowest BCUT2D eigenvalue weighted by Crippen LogP contribution is -2.41. The van der Waals surface area contributed by atoms with Gasteiger partial charge in [0.1, 0.15) is 16.7 Å². The number of anilines is 1. The first-order chi connectivity index (χ1) is 18.5. The summed E-state index contributed by atoms with van der Waals surface area (Å²) in [6, 6.07) is 9.02. The summed E-state index contributed by atoms with van der Waals surface area (Å²) in [5.41, 5.74) is 1.42. The van der Waals surface area contributed by atoms with Gasteiger partial charge in [-0.05, 0) is 54.6 Å². The van der Waals surface area contributed by atoms with Crippen LogP contribution in [0.1, 0.15) is 49.1 Å². The summed E-state index contributed by atoms with van der Waals surface area (Å²) < 4.78 is 0. The molecule has 4 N–H and O–H groups in total. The van der Waals surface area contributed by atoms with Crippen LogP contribution in [0.3, 0.4) is 0 Å². The van der Waals surface area contributed by atoms with E-state index in [-0.39, 0.29) is 28.2 Å². The van der Waals surface area contributed by atoms with Gasteiger partial charge in [0, 0.05) is 25.6 Å². The van der Waals surface area contributed by atoms with Crippen molar-refractivity contribution in [2.75, 3.05) is 11.9 Å². The summed E-state index contributed by atoms with van der Waals surface area (Å²) in [5.74, 6) is -3.14. The van der Waals surface area contributed by atoms with E-state index in [2.05, 4.69) is 15.3 Å². The number of nitrogens with one attached hydrogen (secondary N) is 2. The molecule has 0 radical (unpaired) electrons. The summed E-state index contributed by atoms with van der Waals surface area (Å²) in [5, 5.41) is 23.3. The normalized spacial score (nSPS) is 11.7. The van der Waals surface area contributed by atoms with Crippen LogP contribution in [0.4, 0.5) is 5.00 Å². The summed E-state index contributed by atoms with van der Waals surface area (Å²) in [6.45, 7) is 2.19. The minimum atomic E-state index is -1.40. The Balaban J connectivity index is 1.48. The highest BCUT2D eigenvalue weighted by molar-refractivity contribution is 7.18. The fourth-order valence-electron chi connectivity index (χ4n) is 3.95. The molecule has 0 spiro atoms. The van der Waals surface area contributed by atoms with Crippen LogP contribution in [0, 0.1) is 6.92 Å². The molecule has 0 saturated heterocycles. The molecule has 11 nitrogen and oxygen atoms in total. The standard InChI is InChI=1S/C26H24N4O7S2/c1-13-27-17-4-3-14(11-16(17)24(34)28-13)12-30(2)20-7-6-19(39-20)22(33)15-9-10-38-23(15)25(35)29-18(26(36)37)5-8-21(31)32/h3-4,6-7,9-11,18H,5,8,12H2,1-2H3,(H,29,35)(H,31,32)(H,36,37)(H,27,28,34)/t18-/m0/s1. The van der Waals surface area contributed by atoms with E-state index in [1.807, 2.05) is 18.0 Å². The van der Waals surface area contributed by atoms with Crippen LogP contribution in [-0.4, -0.2) is 56.9 Å². The second-order valence-corrected chi connectivity index (χ2v) is 10.8. The van der Waals surface area contributed by atoms with Gasteiger partial charge in [0.05, 0.1) is 20.8 Å². The van der Waals surface area contributed by atoms with Gasteiger partial charge in [-0.15, -0.1) is 22.7 Å². The molecule has 39 heavy (non-hydrogen) atoms. The highest BCUT2D eigenvalue weighted by Crippen LogP contribution is 2.30. The van der Waals surface area contributed by atoms with Gasteiger partial charge in [-0.2, -0.15) is 0 Å². The molecule has 3 heterocycles. The molecule has 0 fully saturated rings. The SMILES string of the molecule is Cc1nc2ccc(CN(C)c3ccc(C(=O)c4ccsc4C(=O)N[C@@H](CCC(=O)O)C(=O)O)s3)cc2c(=O)[nH]1. The van der Waals surface area contributed by atoms with Crippen molar-refractivity contribution in [3.8, 4) is 0 Å². The number of carboxylic acid groups (broad SMARTS) is 2. The maximum atomic E-state index is 13.3. The molecule has 3 aromatic heterocycles. The van der Waals surface area contributed by atoms with Crippen molar-refractivity contribution in [3.63, 3.8) is 0 Å². The van der Waals surface area contributed by atoms with Crippen LogP contribution in [-0.2, 0) is 16.1 Å². The van der Waals surface area contributed by atoms with Gasteiger partial charge in [-0.25, -0.2) is 9.78 Å². The number of H-pyrrole nitrogens is 1. The fourth-order valence-corrected chi connectivity index (χ4v) is 5.67. The molecular formula is C26H24N4O7S2. The summed E-state index contributed by atoms with van der Waals surface area (Å²) in [6.07, 6.45) is -0.710. The predicted octanol–water partition coefficient (Wildman–Crippen LogP) is 3.27. The van der Waals surface area contributed by atoms with Gasteiger partial charge in [-0.1, -0.05) is 6.07 Å². The van der Waals surface area contributed by atoms with Crippen molar-refractivity contribution >= 4 is 62.2 Å². The summed E-state index contributed by atoms with van der Waals surface area (Å²) in [7, 11) is 1.86. The van der Waals surface area contributed by atoms with Crippen molar-refractivity contribution in [2.24, 2.45) is 0 Å². The minimum Gasteiger partial charge on any atom is -0.481 e. The predicted molar refractivity (Wildman–Crippen MR) is 147 cm³/mol. The molecule has 0 aliphatic heterocycles. The van der Waals surface area contributed by atoms with Crippen molar-refractivity contribution in [2.45, 2.75) is 32.4 Å². The third-order valence-corrected chi connectivity index (χ3v) is 7.98. The van der Waals surface area contributed by atoms with E-state index in [1.165, 1.54) is 17.4 Å². The van der Waals surface area contributed by atoms with Crippen molar-refractivity contribution in [1.29, 1.82) is 0 Å². The van der Waals surface area contributed by atoms with Crippen LogP contribution in [0.2, 0.25) is 0 Å². The van der Waals surface area contributed by atoms with Crippen LogP contribution in [0.5, 0.6) is 0 Å². The maximum absolute atomic E-state index is 13.3. The number of aromatic amines is 1. The number of carbonyl (C=O) groups is 4. The Labute approximate surface area is 229 Å². The van der Waals surface area contributed by atoms with E-state index in [1.54, 1.807) is 36.6 Å². The Bertz CT molecular complexity index is 1640. The quantitative estimate of drug-likeness (QED) is 0.198. The topological polar surface area (TPSA) is 170 Å². The second kappa shape index (κ2) is 11.6. The zero-order valence-corrected chi connectivity index (χ0v) is 22.5. The monoisotopic (exact) mass is 568 g/mol. The number of thiophene rings is 2. The number of nitrogens with zero attached hydrogens (tertiary/aromatic N) is 2. The molecule has 0 aliphatic rings. The number of carboxylic acids is 2. The molecule has 1 atom stereocenters. The number of rotatable bonds is 11. The lowest BCUT2D eigenvalue weighted by molar-refractivity contribution is -0.140. The Morgan fingerprint density at radius 1 is 1.13 bits per heavy atom.